The lowest BCUT2D eigenvalue weighted by atomic mass is 10.0. The van der Waals surface area contributed by atoms with Crippen molar-refractivity contribution in [3.05, 3.63) is 57.9 Å². The Kier molecular flexibility index (Phi) is 4.27. The van der Waals surface area contributed by atoms with E-state index in [1.54, 1.807) is 12.1 Å². The first kappa shape index (κ1) is 13.7. The predicted octanol–water partition coefficient (Wildman–Crippen LogP) is 3.43. The Morgan fingerprint density at radius 1 is 1.21 bits per heavy atom. The van der Waals surface area contributed by atoms with Gasteiger partial charge in [0.25, 0.3) is 0 Å². The molecule has 0 radical (unpaired) electrons. The predicted molar refractivity (Wildman–Crippen MR) is 75.6 cm³/mol. The first-order chi connectivity index (χ1) is 9.10. The Hall–Kier alpha value is -1.74. The second-order valence-corrected chi connectivity index (χ2v) is 4.86. The molecule has 0 atom stereocenters. The Labute approximate surface area is 117 Å². The van der Waals surface area contributed by atoms with Crippen LogP contribution in [0.15, 0.2) is 30.3 Å². The minimum Gasteiger partial charge on any atom is -0.294 e. The van der Waals surface area contributed by atoms with Crippen LogP contribution in [0.4, 0.5) is 0 Å². The van der Waals surface area contributed by atoms with Gasteiger partial charge in [-0.05, 0) is 37.1 Å². The molecule has 0 amide bonds. The zero-order valence-corrected chi connectivity index (χ0v) is 11.7. The maximum atomic E-state index is 12.3. The summed E-state index contributed by atoms with van der Waals surface area (Å²) in [5.74, 6) is 0.0668. The van der Waals surface area contributed by atoms with E-state index in [0.29, 0.717) is 23.4 Å². The highest BCUT2D eigenvalue weighted by Gasteiger charge is 2.13. The van der Waals surface area contributed by atoms with Crippen molar-refractivity contribution in [2.75, 3.05) is 0 Å². The highest BCUT2D eigenvalue weighted by atomic mass is 35.5. The molecule has 0 bridgehead atoms. The van der Waals surface area contributed by atoms with E-state index < -0.39 is 0 Å². The van der Waals surface area contributed by atoms with E-state index in [4.69, 9.17) is 11.6 Å². The number of Topliss-reactive ketones (excluding diaryl/α,β-unsaturated/α-hetero) is 1. The van der Waals surface area contributed by atoms with Gasteiger partial charge in [-0.15, -0.1) is 0 Å². The summed E-state index contributed by atoms with van der Waals surface area (Å²) in [7, 11) is 0. The van der Waals surface area contributed by atoms with Gasteiger partial charge in [0, 0.05) is 17.0 Å². The molecule has 1 heterocycles. The number of rotatable bonds is 4. The molecule has 0 saturated carbocycles. The van der Waals surface area contributed by atoms with Crippen LogP contribution >= 0.6 is 11.6 Å². The average Bonchev–Trinajstić information content (AvgIpc) is 2.41. The molecule has 0 aliphatic heterocycles. The van der Waals surface area contributed by atoms with E-state index in [-0.39, 0.29) is 5.78 Å². The van der Waals surface area contributed by atoms with Crippen molar-refractivity contribution >= 4 is 17.4 Å². The van der Waals surface area contributed by atoms with Gasteiger partial charge in [-0.25, -0.2) is 0 Å². The smallest absolute Gasteiger partial charge is 0.169 e. The van der Waals surface area contributed by atoms with E-state index in [2.05, 4.69) is 10.2 Å². The number of hydrogen-bond donors (Lipinski definition) is 0. The van der Waals surface area contributed by atoms with Crippen molar-refractivity contribution in [1.82, 2.24) is 10.2 Å². The zero-order chi connectivity index (χ0) is 13.8. The highest BCUT2D eigenvalue weighted by molar-refractivity contribution is 6.30. The summed E-state index contributed by atoms with van der Waals surface area (Å²) in [6.45, 7) is 3.81. The summed E-state index contributed by atoms with van der Waals surface area (Å²) < 4.78 is 0. The molecule has 0 saturated heterocycles. The molecule has 19 heavy (non-hydrogen) atoms. The molecule has 2 aromatic rings. The van der Waals surface area contributed by atoms with E-state index in [0.717, 1.165) is 17.0 Å². The van der Waals surface area contributed by atoms with E-state index >= 15 is 0 Å². The lowest BCUT2D eigenvalue weighted by Gasteiger charge is -2.06. The molecule has 0 unspecified atom stereocenters. The Morgan fingerprint density at radius 2 is 1.89 bits per heavy atom. The molecule has 3 nitrogen and oxygen atoms in total. The van der Waals surface area contributed by atoms with Crippen LogP contribution < -0.4 is 0 Å². The summed E-state index contributed by atoms with van der Waals surface area (Å²) in [4.78, 5) is 12.3. The largest absolute Gasteiger partial charge is 0.294 e. The normalized spacial score (nSPS) is 10.5. The molecule has 0 fully saturated rings. The van der Waals surface area contributed by atoms with Gasteiger partial charge < -0.3 is 0 Å². The SMILES string of the molecule is CCc1nnc(C)cc1C(=O)Cc1ccc(Cl)cc1. The van der Waals surface area contributed by atoms with Crippen LogP contribution in [0.3, 0.4) is 0 Å². The number of benzene rings is 1. The summed E-state index contributed by atoms with van der Waals surface area (Å²) in [6.07, 6.45) is 1.06. The number of halogens is 1. The van der Waals surface area contributed by atoms with Crippen LogP contribution in [0.1, 0.15) is 34.2 Å². The fourth-order valence-electron chi connectivity index (χ4n) is 1.90. The van der Waals surface area contributed by atoms with Gasteiger partial charge in [-0.1, -0.05) is 30.7 Å². The Balaban J connectivity index is 2.24. The minimum absolute atomic E-state index is 0.0668. The number of carbonyl (C=O) groups is 1. The average molecular weight is 275 g/mol. The molecule has 2 rings (SSSR count). The van der Waals surface area contributed by atoms with Gasteiger partial charge in [-0.2, -0.15) is 10.2 Å². The molecular weight excluding hydrogens is 260 g/mol. The number of nitrogens with zero attached hydrogens (tertiary/aromatic N) is 2. The van der Waals surface area contributed by atoms with Gasteiger partial charge in [0.2, 0.25) is 0 Å². The third-order valence-electron chi connectivity index (χ3n) is 2.91. The molecule has 0 aliphatic carbocycles. The Morgan fingerprint density at radius 3 is 2.53 bits per heavy atom. The number of aryl methyl sites for hydroxylation is 2. The van der Waals surface area contributed by atoms with Crippen LogP contribution in [0.2, 0.25) is 5.02 Å². The zero-order valence-electron chi connectivity index (χ0n) is 11.0. The number of carbonyl (C=O) groups excluding carboxylic acids is 1. The van der Waals surface area contributed by atoms with E-state index in [1.165, 1.54) is 0 Å². The lowest BCUT2D eigenvalue weighted by molar-refractivity contribution is 0.0991. The maximum Gasteiger partial charge on any atom is 0.169 e. The highest BCUT2D eigenvalue weighted by Crippen LogP contribution is 2.14. The third kappa shape index (κ3) is 3.38. The van der Waals surface area contributed by atoms with Crippen LogP contribution in [-0.4, -0.2) is 16.0 Å². The molecule has 98 valence electrons. The van der Waals surface area contributed by atoms with Crippen LogP contribution in [0, 0.1) is 6.92 Å². The molecule has 0 aliphatic rings. The van der Waals surface area contributed by atoms with Gasteiger partial charge >= 0.3 is 0 Å². The fourth-order valence-corrected chi connectivity index (χ4v) is 2.03. The fraction of sp³-hybridized carbons (Fsp3) is 0.267. The molecular formula is C15H15ClN2O. The number of ketones is 1. The van der Waals surface area contributed by atoms with Gasteiger partial charge in [-0.3, -0.25) is 4.79 Å². The van der Waals surface area contributed by atoms with E-state index in [9.17, 15) is 4.79 Å². The first-order valence-electron chi connectivity index (χ1n) is 6.21. The quantitative estimate of drug-likeness (QED) is 0.802. The molecule has 4 heteroatoms. The maximum absolute atomic E-state index is 12.3. The second kappa shape index (κ2) is 5.93. The summed E-state index contributed by atoms with van der Waals surface area (Å²) in [5, 5.41) is 8.75. The van der Waals surface area contributed by atoms with Crippen LogP contribution in [0.5, 0.6) is 0 Å². The van der Waals surface area contributed by atoms with Crippen molar-refractivity contribution in [2.24, 2.45) is 0 Å². The number of aromatic nitrogens is 2. The van der Waals surface area contributed by atoms with Crippen molar-refractivity contribution in [2.45, 2.75) is 26.7 Å². The minimum atomic E-state index is 0.0668. The van der Waals surface area contributed by atoms with Gasteiger partial charge in [0.05, 0.1) is 11.4 Å². The summed E-state index contributed by atoms with van der Waals surface area (Å²) >= 11 is 5.83. The third-order valence-corrected chi connectivity index (χ3v) is 3.16. The first-order valence-corrected chi connectivity index (χ1v) is 6.58. The van der Waals surface area contributed by atoms with Crippen LogP contribution in [-0.2, 0) is 12.8 Å². The van der Waals surface area contributed by atoms with Crippen molar-refractivity contribution in [1.29, 1.82) is 0 Å². The van der Waals surface area contributed by atoms with Crippen molar-refractivity contribution < 1.29 is 4.79 Å². The standard InChI is InChI=1S/C15H15ClN2O/c1-3-14-13(8-10(2)17-18-14)15(19)9-11-4-6-12(16)7-5-11/h4-8H,3,9H2,1-2H3. The molecule has 0 N–H and O–H groups in total. The Bertz CT molecular complexity index is 594. The van der Waals surface area contributed by atoms with Crippen LogP contribution in [0.25, 0.3) is 0 Å². The van der Waals surface area contributed by atoms with E-state index in [1.807, 2.05) is 32.0 Å². The monoisotopic (exact) mass is 274 g/mol. The van der Waals surface area contributed by atoms with Gasteiger partial charge in [0.1, 0.15) is 0 Å². The molecule has 1 aromatic carbocycles. The summed E-state index contributed by atoms with van der Waals surface area (Å²) in [6, 6.07) is 9.13. The molecule has 1 aromatic heterocycles. The lowest BCUT2D eigenvalue weighted by Crippen LogP contribution is -2.10. The van der Waals surface area contributed by atoms with Crippen molar-refractivity contribution in [3.8, 4) is 0 Å². The van der Waals surface area contributed by atoms with Gasteiger partial charge in [0.15, 0.2) is 5.78 Å². The second-order valence-electron chi connectivity index (χ2n) is 4.43. The van der Waals surface area contributed by atoms with Crippen molar-refractivity contribution in [3.63, 3.8) is 0 Å². The number of hydrogen-bond acceptors (Lipinski definition) is 3. The summed E-state index contributed by atoms with van der Waals surface area (Å²) in [5.41, 5.74) is 3.14. The molecule has 0 spiro atoms. The topological polar surface area (TPSA) is 42.9 Å².